The van der Waals surface area contributed by atoms with Crippen molar-refractivity contribution >= 4 is 38.5 Å². The smallest absolute Gasteiger partial charge is 0.152 e. The van der Waals surface area contributed by atoms with Gasteiger partial charge in [0.25, 0.3) is 0 Å². The highest BCUT2D eigenvalue weighted by atomic mass is 15.2. The number of para-hydroxylation sites is 1. The highest BCUT2D eigenvalue weighted by Gasteiger charge is 2.25. The van der Waals surface area contributed by atoms with E-state index in [1.807, 2.05) is 12.1 Å². The Morgan fingerprint density at radius 1 is 0.902 bits per heavy atom. The number of nitrogen functional groups attached to an aromatic ring is 1. The van der Waals surface area contributed by atoms with Crippen LogP contribution >= 0.6 is 0 Å². The van der Waals surface area contributed by atoms with Crippen LogP contribution in [0.1, 0.15) is 83.2 Å². The molecule has 5 aromatic rings. The summed E-state index contributed by atoms with van der Waals surface area (Å²) in [6, 6.07) is 22.0. The van der Waals surface area contributed by atoms with E-state index in [0.29, 0.717) is 5.82 Å². The van der Waals surface area contributed by atoms with Crippen molar-refractivity contribution in [3.8, 4) is 0 Å². The first-order valence-electron chi connectivity index (χ1n) is 15.6. The molecule has 0 saturated heterocycles. The Labute approximate surface area is 244 Å². The van der Waals surface area contributed by atoms with Gasteiger partial charge in [-0.25, -0.2) is 9.97 Å². The van der Waals surface area contributed by atoms with Crippen molar-refractivity contribution in [1.29, 1.82) is 0 Å². The summed E-state index contributed by atoms with van der Waals surface area (Å²) in [6.45, 7) is 12.2. The number of unbranched alkanes of at least 4 members (excludes halogenated alkanes) is 1. The van der Waals surface area contributed by atoms with Gasteiger partial charge in [0.05, 0.1) is 11.0 Å². The van der Waals surface area contributed by atoms with E-state index in [9.17, 15) is 0 Å². The van der Waals surface area contributed by atoms with Gasteiger partial charge in [-0.1, -0.05) is 87.2 Å². The minimum Gasteiger partial charge on any atom is -0.382 e. The van der Waals surface area contributed by atoms with Gasteiger partial charge in [0.1, 0.15) is 11.3 Å². The summed E-state index contributed by atoms with van der Waals surface area (Å²) in [5.41, 5.74) is 12.2. The second kappa shape index (κ2) is 11.4. The summed E-state index contributed by atoms with van der Waals surface area (Å²) in [6.07, 6.45) is 8.70. The lowest BCUT2D eigenvalue weighted by Crippen LogP contribution is -2.42. The lowest BCUT2D eigenvalue weighted by atomic mass is 9.82. The monoisotopic (exact) mass is 547 g/mol. The van der Waals surface area contributed by atoms with E-state index in [0.717, 1.165) is 72.6 Å². The highest BCUT2D eigenvalue weighted by molar-refractivity contribution is 6.06. The number of hydrogen-bond donors (Lipinski definition) is 1. The minimum absolute atomic E-state index is 0.127. The maximum absolute atomic E-state index is 6.48. The predicted octanol–water partition coefficient (Wildman–Crippen LogP) is 8.50. The molecule has 2 heterocycles. The van der Waals surface area contributed by atoms with E-state index < -0.39 is 0 Å². The summed E-state index contributed by atoms with van der Waals surface area (Å²) in [5, 5.41) is 3.79. The molecular weight excluding hydrogens is 502 g/mol. The Hall–Kier alpha value is -3.44. The van der Waals surface area contributed by atoms with Crippen LogP contribution < -0.4 is 5.73 Å². The molecule has 1 fully saturated rings. The zero-order chi connectivity index (χ0) is 28.6. The SMILES string of the molecule is CCCCc1nc2c(N)nc3ccccc3c2n1Cc1ccc(CN(CCC2CCC2)C(C)(C)C)c2ccccc12. The molecule has 0 spiro atoms. The number of hydrogen-bond acceptors (Lipinski definition) is 4. The Bertz CT molecular complexity index is 1670. The number of anilines is 1. The molecule has 0 aliphatic heterocycles. The Balaban J connectivity index is 1.41. The number of nitrogens with two attached hydrogens (primary N) is 1. The maximum Gasteiger partial charge on any atom is 0.152 e. The Morgan fingerprint density at radius 3 is 2.27 bits per heavy atom. The van der Waals surface area contributed by atoms with Gasteiger partial charge in [-0.15, -0.1) is 0 Å². The van der Waals surface area contributed by atoms with Crippen molar-refractivity contribution in [3.63, 3.8) is 0 Å². The number of pyridine rings is 1. The number of fused-ring (bicyclic) bond motifs is 4. The quantitative estimate of drug-likeness (QED) is 0.190. The van der Waals surface area contributed by atoms with E-state index in [2.05, 4.69) is 90.7 Å². The van der Waals surface area contributed by atoms with Gasteiger partial charge in [0, 0.05) is 30.4 Å². The molecule has 0 bridgehead atoms. The average Bonchev–Trinajstić information content (AvgIpc) is 3.30. The summed E-state index contributed by atoms with van der Waals surface area (Å²) in [4.78, 5) is 12.4. The molecule has 5 heteroatoms. The second-order valence-electron chi connectivity index (χ2n) is 13.0. The molecule has 5 nitrogen and oxygen atoms in total. The molecular formula is C36H45N5. The van der Waals surface area contributed by atoms with Crippen molar-refractivity contribution in [1.82, 2.24) is 19.4 Å². The summed E-state index contributed by atoms with van der Waals surface area (Å²) >= 11 is 0. The fraction of sp³-hybridized carbons (Fsp3) is 0.444. The van der Waals surface area contributed by atoms with Crippen molar-refractivity contribution in [2.75, 3.05) is 12.3 Å². The summed E-state index contributed by atoms with van der Waals surface area (Å²) in [5.74, 6) is 2.53. The molecule has 2 N–H and O–H groups in total. The molecule has 1 aliphatic rings. The lowest BCUT2D eigenvalue weighted by molar-refractivity contribution is 0.109. The van der Waals surface area contributed by atoms with E-state index in [-0.39, 0.29) is 5.54 Å². The van der Waals surface area contributed by atoms with E-state index in [4.69, 9.17) is 10.7 Å². The molecule has 0 radical (unpaired) electrons. The normalized spacial score (nSPS) is 14.5. The third-order valence-corrected chi connectivity index (χ3v) is 9.22. The van der Waals surface area contributed by atoms with Gasteiger partial charge in [-0.2, -0.15) is 0 Å². The van der Waals surface area contributed by atoms with Gasteiger partial charge in [0.2, 0.25) is 0 Å². The molecule has 0 amide bonds. The average molecular weight is 548 g/mol. The number of imidazole rings is 1. The highest BCUT2D eigenvalue weighted by Crippen LogP contribution is 2.34. The van der Waals surface area contributed by atoms with Crippen LogP contribution in [0.4, 0.5) is 5.82 Å². The first-order chi connectivity index (χ1) is 19.8. The van der Waals surface area contributed by atoms with Crippen LogP contribution in [0.2, 0.25) is 0 Å². The van der Waals surface area contributed by atoms with Crippen LogP contribution in [-0.2, 0) is 19.5 Å². The number of nitrogens with zero attached hydrogens (tertiary/aromatic N) is 4. The van der Waals surface area contributed by atoms with Crippen LogP contribution in [0.25, 0.3) is 32.7 Å². The third kappa shape index (κ3) is 5.57. The number of aryl methyl sites for hydroxylation is 1. The second-order valence-corrected chi connectivity index (χ2v) is 13.0. The van der Waals surface area contributed by atoms with Crippen LogP contribution in [0, 0.1) is 5.92 Å². The molecule has 1 aliphatic carbocycles. The zero-order valence-electron chi connectivity index (χ0n) is 25.3. The largest absolute Gasteiger partial charge is 0.382 e. The van der Waals surface area contributed by atoms with Crippen LogP contribution in [0.5, 0.6) is 0 Å². The molecule has 1 saturated carbocycles. The first-order valence-corrected chi connectivity index (χ1v) is 15.6. The van der Waals surface area contributed by atoms with E-state index in [1.54, 1.807) is 0 Å². The van der Waals surface area contributed by atoms with Gasteiger partial charge in [-0.05, 0) is 74.0 Å². The van der Waals surface area contributed by atoms with Crippen molar-refractivity contribution in [3.05, 3.63) is 77.6 Å². The molecule has 6 rings (SSSR count). The molecule has 3 aromatic carbocycles. The lowest BCUT2D eigenvalue weighted by Gasteiger charge is -2.38. The molecule has 2 aromatic heterocycles. The van der Waals surface area contributed by atoms with Crippen LogP contribution in [0.3, 0.4) is 0 Å². The fourth-order valence-electron chi connectivity index (χ4n) is 6.45. The number of aromatic nitrogens is 3. The molecule has 0 unspecified atom stereocenters. The number of rotatable bonds is 10. The topological polar surface area (TPSA) is 60.0 Å². The summed E-state index contributed by atoms with van der Waals surface area (Å²) < 4.78 is 2.41. The zero-order valence-corrected chi connectivity index (χ0v) is 25.3. The van der Waals surface area contributed by atoms with E-state index in [1.165, 1.54) is 47.6 Å². The van der Waals surface area contributed by atoms with Gasteiger partial charge in [0.15, 0.2) is 5.82 Å². The van der Waals surface area contributed by atoms with Crippen molar-refractivity contribution in [2.24, 2.45) is 5.92 Å². The van der Waals surface area contributed by atoms with Gasteiger partial charge >= 0.3 is 0 Å². The maximum atomic E-state index is 6.48. The Morgan fingerprint density at radius 2 is 1.59 bits per heavy atom. The van der Waals surface area contributed by atoms with E-state index >= 15 is 0 Å². The third-order valence-electron chi connectivity index (χ3n) is 9.22. The standard InChI is InChI=1S/C36H45N5/c1-5-6-18-32-39-33-34(30-16-9-10-17-31(30)38-35(33)37)41(32)24-27-20-19-26(28-14-7-8-15-29(27)28)23-40(36(2,3)4)22-21-25-12-11-13-25/h7-10,14-17,19-20,25H,5-6,11-13,18,21-24H2,1-4H3,(H2,37,38). The van der Waals surface area contributed by atoms with Crippen molar-refractivity contribution in [2.45, 2.75) is 91.3 Å². The summed E-state index contributed by atoms with van der Waals surface area (Å²) in [7, 11) is 0. The Kier molecular flexibility index (Phi) is 7.74. The fourth-order valence-corrected chi connectivity index (χ4v) is 6.45. The number of benzene rings is 3. The van der Waals surface area contributed by atoms with Crippen molar-refractivity contribution < 1.29 is 0 Å². The van der Waals surface area contributed by atoms with Gasteiger partial charge in [-0.3, -0.25) is 4.90 Å². The van der Waals surface area contributed by atoms with Crippen LogP contribution in [0.15, 0.2) is 60.7 Å². The molecule has 214 valence electrons. The molecule has 41 heavy (non-hydrogen) atoms. The first kappa shape index (κ1) is 27.7. The molecule has 0 atom stereocenters. The predicted molar refractivity (Wildman–Crippen MR) is 173 cm³/mol. The van der Waals surface area contributed by atoms with Crippen LogP contribution in [-0.4, -0.2) is 31.5 Å². The van der Waals surface area contributed by atoms with Gasteiger partial charge < -0.3 is 10.3 Å². The minimum atomic E-state index is 0.127.